The predicted octanol–water partition coefficient (Wildman–Crippen LogP) is 3.12. The summed E-state index contributed by atoms with van der Waals surface area (Å²) in [5.41, 5.74) is 0.611. The van der Waals surface area contributed by atoms with Crippen molar-refractivity contribution in [2.45, 2.75) is 6.42 Å². The lowest BCUT2D eigenvalue weighted by atomic mass is 10.0. The van der Waals surface area contributed by atoms with Crippen LogP contribution in [0.1, 0.15) is 5.56 Å². The number of aliphatic hydroxyl groups excluding tert-OH is 1. The molecule has 1 nitrogen and oxygen atoms in total. The molecule has 0 saturated carbocycles. The lowest BCUT2D eigenvalue weighted by molar-refractivity contribution is 0.298. The van der Waals surface area contributed by atoms with Crippen molar-refractivity contribution >= 4 is 33.4 Å². The topological polar surface area (TPSA) is 20.2 Å². The third-order valence-electron chi connectivity index (χ3n) is 2.41. The molecule has 0 aliphatic heterocycles. The maximum atomic E-state index is 13.6. The molecule has 2 aromatic rings. The Kier molecular flexibility index (Phi) is 3.21. The standard InChI is InChI=1S/C12H10FIO/c13-10-5-4-8-2-1-3-11(14)12(8)9(10)6-7-15/h1-5,15H,6-7H2. The fraction of sp³-hybridized carbons (Fsp3) is 0.167. The Morgan fingerprint density at radius 2 is 2.00 bits per heavy atom. The van der Waals surface area contributed by atoms with E-state index in [2.05, 4.69) is 22.6 Å². The highest BCUT2D eigenvalue weighted by Gasteiger charge is 2.09. The van der Waals surface area contributed by atoms with E-state index in [0.717, 1.165) is 14.3 Å². The van der Waals surface area contributed by atoms with Gasteiger partial charge in [-0.05, 0) is 52.1 Å². The van der Waals surface area contributed by atoms with Gasteiger partial charge in [-0.2, -0.15) is 0 Å². The molecule has 0 heterocycles. The van der Waals surface area contributed by atoms with Crippen molar-refractivity contribution in [2.75, 3.05) is 6.61 Å². The number of halogens is 2. The molecule has 3 heteroatoms. The van der Waals surface area contributed by atoms with Crippen molar-refractivity contribution in [3.05, 3.63) is 45.3 Å². The average Bonchev–Trinajstić information content (AvgIpc) is 2.23. The molecule has 2 rings (SSSR count). The summed E-state index contributed by atoms with van der Waals surface area (Å²) < 4.78 is 14.6. The molecular weight excluding hydrogens is 306 g/mol. The molecule has 0 aliphatic rings. The summed E-state index contributed by atoms with van der Waals surface area (Å²) in [4.78, 5) is 0. The molecule has 0 aromatic heterocycles. The Hall–Kier alpha value is -0.680. The van der Waals surface area contributed by atoms with Crippen molar-refractivity contribution in [3.8, 4) is 0 Å². The summed E-state index contributed by atoms with van der Waals surface area (Å²) >= 11 is 2.19. The highest BCUT2D eigenvalue weighted by Crippen LogP contribution is 2.26. The minimum Gasteiger partial charge on any atom is -0.396 e. The van der Waals surface area contributed by atoms with E-state index < -0.39 is 0 Å². The van der Waals surface area contributed by atoms with Gasteiger partial charge in [-0.1, -0.05) is 18.2 Å². The maximum absolute atomic E-state index is 13.6. The van der Waals surface area contributed by atoms with Crippen molar-refractivity contribution in [2.24, 2.45) is 0 Å². The zero-order chi connectivity index (χ0) is 10.8. The first-order valence-electron chi connectivity index (χ1n) is 4.70. The molecule has 1 N–H and O–H groups in total. The van der Waals surface area contributed by atoms with Gasteiger partial charge < -0.3 is 5.11 Å². The lowest BCUT2D eigenvalue weighted by Crippen LogP contribution is -1.97. The van der Waals surface area contributed by atoms with E-state index in [9.17, 15) is 4.39 Å². The fourth-order valence-electron chi connectivity index (χ4n) is 1.74. The average molecular weight is 316 g/mol. The molecule has 2 aromatic carbocycles. The Balaban J connectivity index is 2.78. The number of rotatable bonds is 2. The van der Waals surface area contributed by atoms with Gasteiger partial charge in [0.1, 0.15) is 5.82 Å². The smallest absolute Gasteiger partial charge is 0.127 e. The molecule has 0 unspecified atom stereocenters. The van der Waals surface area contributed by atoms with Crippen LogP contribution in [0, 0.1) is 9.39 Å². The molecule has 0 amide bonds. The second-order valence-electron chi connectivity index (χ2n) is 3.34. The Labute approximate surface area is 101 Å². The van der Waals surface area contributed by atoms with Crippen LogP contribution in [0.15, 0.2) is 30.3 Å². The first-order chi connectivity index (χ1) is 7.24. The van der Waals surface area contributed by atoms with Crippen LogP contribution >= 0.6 is 22.6 Å². The predicted molar refractivity (Wildman–Crippen MR) is 67.4 cm³/mol. The van der Waals surface area contributed by atoms with Gasteiger partial charge in [0.2, 0.25) is 0 Å². The van der Waals surface area contributed by atoms with E-state index in [1.165, 1.54) is 6.07 Å². The van der Waals surface area contributed by atoms with Crippen molar-refractivity contribution in [3.63, 3.8) is 0 Å². The lowest BCUT2D eigenvalue weighted by Gasteiger charge is -2.08. The summed E-state index contributed by atoms with van der Waals surface area (Å²) in [7, 11) is 0. The summed E-state index contributed by atoms with van der Waals surface area (Å²) in [6.45, 7) is -0.0268. The van der Waals surface area contributed by atoms with Gasteiger partial charge in [0, 0.05) is 15.6 Å². The summed E-state index contributed by atoms with van der Waals surface area (Å²) in [6, 6.07) is 9.09. The molecular formula is C12H10FIO. The summed E-state index contributed by atoms with van der Waals surface area (Å²) in [5, 5.41) is 10.9. The van der Waals surface area contributed by atoms with E-state index >= 15 is 0 Å². The molecule has 78 valence electrons. The van der Waals surface area contributed by atoms with Crippen LogP contribution in [-0.4, -0.2) is 11.7 Å². The van der Waals surface area contributed by atoms with Gasteiger partial charge in [-0.15, -0.1) is 0 Å². The zero-order valence-corrected chi connectivity index (χ0v) is 10.2. The van der Waals surface area contributed by atoms with Crippen LogP contribution in [0.4, 0.5) is 4.39 Å². The van der Waals surface area contributed by atoms with Crippen LogP contribution in [0.3, 0.4) is 0 Å². The second kappa shape index (κ2) is 4.45. The summed E-state index contributed by atoms with van der Waals surface area (Å²) in [5.74, 6) is -0.235. The van der Waals surface area contributed by atoms with Gasteiger partial charge in [-0.25, -0.2) is 4.39 Å². The molecule has 0 spiro atoms. The monoisotopic (exact) mass is 316 g/mol. The van der Waals surface area contributed by atoms with Crippen molar-refractivity contribution in [1.82, 2.24) is 0 Å². The van der Waals surface area contributed by atoms with Crippen LogP contribution in [0.25, 0.3) is 10.8 Å². The van der Waals surface area contributed by atoms with E-state index in [1.54, 1.807) is 6.07 Å². The Bertz CT molecular complexity index is 496. The van der Waals surface area contributed by atoms with E-state index in [0.29, 0.717) is 12.0 Å². The van der Waals surface area contributed by atoms with Crippen LogP contribution in [0.5, 0.6) is 0 Å². The molecule has 0 saturated heterocycles. The quantitative estimate of drug-likeness (QED) is 0.844. The third kappa shape index (κ3) is 1.99. The Morgan fingerprint density at radius 1 is 1.20 bits per heavy atom. The molecule has 0 bridgehead atoms. The number of benzene rings is 2. The van der Waals surface area contributed by atoms with Gasteiger partial charge in [0.05, 0.1) is 0 Å². The molecule has 0 fully saturated rings. The number of aliphatic hydroxyl groups is 1. The normalized spacial score (nSPS) is 10.9. The highest BCUT2D eigenvalue weighted by atomic mass is 127. The highest BCUT2D eigenvalue weighted by molar-refractivity contribution is 14.1. The van der Waals surface area contributed by atoms with Crippen LogP contribution < -0.4 is 0 Å². The van der Waals surface area contributed by atoms with Crippen LogP contribution in [0.2, 0.25) is 0 Å². The van der Waals surface area contributed by atoms with Gasteiger partial charge in [-0.3, -0.25) is 0 Å². The van der Waals surface area contributed by atoms with E-state index in [4.69, 9.17) is 5.11 Å². The number of hydrogen-bond acceptors (Lipinski definition) is 1. The minimum absolute atomic E-state index is 0.0268. The van der Waals surface area contributed by atoms with Crippen molar-refractivity contribution < 1.29 is 9.50 Å². The van der Waals surface area contributed by atoms with Gasteiger partial charge in [0.25, 0.3) is 0 Å². The SMILES string of the molecule is OCCc1c(F)ccc2cccc(I)c12. The number of hydrogen-bond donors (Lipinski definition) is 1. The maximum Gasteiger partial charge on any atom is 0.127 e. The van der Waals surface area contributed by atoms with Crippen LogP contribution in [-0.2, 0) is 6.42 Å². The first kappa shape index (κ1) is 10.8. The van der Waals surface area contributed by atoms with E-state index in [-0.39, 0.29) is 12.4 Å². The minimum atomic E-state index is -0.235. The first-order valence-corrected chi connectivity index (χ1v) is 5.78. The molecule has 15 heavy (non-hydrogen) atoms. The second-order valence-corrected chi connectivity index (χ2v) is 4.50. The molecule has 0 atom stereocenters. The van der Waals surface area contributed by atoms with Gasteiger partial charge >= 0.3 is 0 Å². The molecule has 0 aliphatic carbocycles. The summed E-state index contributed by atoms with van der Waals surface area (Å²) in [6.07, 6.45) is 0.364. The fourth-order valence-corrected chi connectivity index (χ4v) is 2.58. The zero-order valence-electron chi connectivity index (χ0n) is 8.00. The molecule has 0 radical (unpaired) electrons. The largest absolute Gasteiger partial charge is 0.396 e. The van der Waals surface area contributed by atoms with Crippen molar-refractivity contribution in [1.29, 1.82) is 0 Å². The Morgan fingerprint density at radius 3 is 2.73 bits per heavy atom. The number of fused-ring (bicyclic) bond motifs is 1. The van der Waals surface area contributed by atoms with E-state index in [1.807, 2.05) is 18.2 Å². The third-order valence-corrected chi connectivity index (χ3v) is 3.31. The van der Waals surface area contributed by atoms with Gasteiger partial charge in [0.15, 0.2) is 0 Å².